The molecule has 1 saturated heterocycles. The highest BCUT2D eigenvalue weighted by atomic mass is 16.8. The van der Waals surface area contributed by atoms with Crippen molar-refractivity contribution in [1.29, 1.82) is 0 Å². The highest BCUT2D eigenvalue weighted by molar-refractivity contribution is 6.01. The summed E-state index contributed by atoms with van der Waals surface area (Å²) in [6.45, 7) is 4.74. The Morgan fingerprint density at radius 1 is 1.38 bits per heavy atom. The SMILES string of the molecule is [CH+]=COC(=O)ON1C(=O)CCC1=O. The normalized spacial score (nSPS) is 15.8. The number of nitrogens with zero attached hydrogens (tertiary/aromatic N) is 1. The van der Waals surface area contributed by atoms with E-state index in [9.17, 15) is 14.4 Å². The molecule has 0 atom stereocenters. The molecule has 6 nitrogen and oxygen atoms in total. The van der Waals surface area contributed by atoms with E-state index in [4.69, 9.17) is 6.58 Å². The molecule has 0 aromatic carbocycles. The topological polar surface area (TPSA) is 72.9 Å². The van der Waals surface area contributed by atoms with Crippen molar-refractivity contribution in [2.45, 2.75) is 12.8 Å². The predicted molar refractivity (Wildman–Crippen MR) is 37.5 cm³/mol. The van der Waals surface area contributed by atoms with Gasteiger partial charge in [-0.25, -0.2) is 4.79 Å². The minimum atomic E-state index is -1.22. The number of hydrogen-bond acceptors (Lipinski definition) is 5. The third-order valence-electron chi connectivity index (χ3n) is 1.34. The number of rotatable bonds is 2. The molecule has 1 aliphatic rings. The molecule has 6 heteroatoms. The van der Waals surface area contributed by atoms with Gasteiger partial charge in [-0.2, -0.15) is 0 Å². The number of hydroxylamine groups is 2. The first kappa shape index (κ1) is 9.15. The van der Waals surface area contributed by atoms with Gasteiger partial charge in [0.15, 0.2) is 0 Å². The molecule has 0 aliphatic carbocycles. The van der Waals surface area contributed by atoms with Crippen molar-refractivity contribution < 1.29 is 24.0 Å². The van der Waals surface area contributed by atoms with Crippen LogP contribution in [-0.2, 0) is 19.2 Å². The molecule has 1 heterocycles. The lowest BCUT2D eigenvalue weighted by molar-refractivity contribution is -0.175. The van der Waals surface area contributed by atoms with Crippen molar-refractivity contribution in [3.05, 3.63) is 12.8 Å². The van der Waals surface area contributed by atoms with Gasteiger partial charge < -0.3 is 4.74 Å². The van der Waals surface area contributed by atoms with E-state index in [-0.39, 0.29) is 12.8 Å². The standard InChI is InChI=1S/C7H6NO5/c1-2-12-7(11)13-8-5(9)3-4-6(8)10/h1-2H,3-4H2/q+1. The fraction of sp³-hybridized carbons (Fsp3) is 0.286. The Hall–Kier alpha value is -1.94. The average Bonchev–Trinajstić information content (AvgIpc) is 2.36. The summed E-state index contributed by atoms with van der Waals surface area (Å²) in [7, 11) is 0. The Bertz CT molecular complexity index is 256. The van der Waals surface area contributed by atoms with E-state index in [1.807, 2.05) is 0 Å². The van der Waals surface area contributed by atoms with Crippen molar-refractivity contribution in [2.75, 3.05) is 0 Å². The van der Waals surface area contributed by atoms with Gasteiger partial charge in [0.2, 0.25) is 6.58 Å². The number of amides is 2. The van der Waals surface area contributed by atoms with Crippen LogP contribution in [0, 0.1) is 6.58 Å². The maximum Gasteiger partial charge on any atom is 0.542 e. The molecule has 0 aromatic heterocycles. The van der Waals surface area contributed by atoms with Crippen molar-refractivity contribution in [3.8, 4) is 0 Å². The van der Waals surface area contributed by atoms with Gasteiger partial charge in [-0.3, -0.25) is 14.4 Å². The lowest BCUT2D eigenvalue weighted by Gasteiger charge is -2.09. The zero-order chi connectivity index (χ0) is 9.84. The van der Waals surface area contributed by atoms with Gasteiger partial charge in [-0.05, 0) is 0 Å². The highest BCUT2D eigenvalue weighted by Crippen LogP contribution is 2.12. The first-order chi connectivity index (χ1) is 6.15. The van der Waals surface area contributed by atoms with E-state index in [0.717, 1.165) is 0 Å². The van der Waals surface area contributed by atoms with Crippen LogP contribution in [0.4, 0.5) is 4.79 Å². The molecule has 0 bridgehead atoms. The van der Waals surface area contributed by atoms with Crippen molar-refractivity contribution in [2.24, 2.45) is 0 Å². The first-order valence-electron chi connectivity index (χ1n) is 3.43. The van der Waals surface area contributed by atoms with Crippen molar-refractivity contribution in [1.82, 2.24) is 5.06 Å². The van der Waals surface area contributed by atoms with Crippen LogP contribution >= 0.6 is 0 Å². The quantitative estimate of drug-likeness (QED) is 0.264. The molecule has 68 valence electrons. The summed E-state index contributed by atoms with van der Waals surface area (Å²) in [5.41, 5.74) is 0. The van der Waals surface area contributed by atoms with Gasteiger partial charge in [0, 0.05) is 12.8 Å². The number of carbonyl (C=O) groups is 3. The van der Waals surface area contributed by atoms with E-state index in [2.05, 4.69) is 9.57 Å². The smallest absolute Gasteiger partial charge is 0.351 e. The fourth-order valence-electron chi connectivity index (χ4n) is 0.809. The third kappa shape index (κ3) is 2.00. The van der Waals surface area contributed by atoms with Crippen LogP contribution in [0.5, 0.6) is 0 Å². The zero-order valence-corrected chi connectivity index (χ0v) is 6.56. The predicted octanol–water partition coefficient (Wildman–Crippen LogP) is 0.150. The zero-order valence-electron chi connectivity index (χ0n) is 6.56. The monoisotopic (exact) mass is 184 g/mol. The van der Waals surface area contributed by atoms with Gasteiger partial charge in [0.05, 0.1) is 0 Å². The minimum absolute atomic E-state index is 0.0401. The summed E-state index contributed by atoms with van der Waals surface area (Å²) in [5, 5.41) is 0.367. The van der Waals surface area contributed by atoms with Crippen molar-refractivity contribution in [3.63, 3.8) is 0 Å². The Labute approximate surface area is 73.7 Å². The number of imide groups is 1. The maximum atomic E-state index is 10.9. The maximum absolute atomic E-state index is 10.9. The molecule has 13 heavy (non-hydrogen) atoms. The van der Waals surface area contributed by atoms with Crippen LogP contribution in [0.25, 0.3) is 0 Å². The lowest BCUT2D eigenvalue weighted by Crippen LogP contribution is -2.31. The molecule has 0 aromatic rings. The van der Waals surface area contributed by atoms with Gasteiger partial charge in [-0.15, -0.1) is 0 Å². The average molecular weight is 184 g/mol. The van der Waals surface area contributed by atoms with Gasteiger partial charge >= 0.3 is 12.4 Å². The van der Waals surface area contributed by atoms with Gasteiger partial charge in [-0.1, -0.05) is 5.06 Å². The van der Waals surface area contributed by atoms with E-state index >= 15 is 0 Å². The summed E-state index contributed by atoms with van der Waals surface area (Å²) in [6.07, 6.45) is -0.546. The molecule has 0 unspecified atom stereocenters. The van der Waals surface area contributed by atoms with E-state index in [0.29, 0.717) is 11.3 Å². The number of ether oxygens (including phenoxy) is 1. The molecular weight excluding hydrogens is 178 g/mol. The highest BCUT2D eigenvalue weighted by Gasteiger charge is 2.33. The Morgan fingerprint density at radius 2 is 1.92 bits per heavy atom. The van der Waals surface area contributed by atoms with Gasteiger partial charge in [0.1, 0.15) is 0 Å². The second kappa shape index (κ2) is 3.64. The summed E-state index contributed by atoms with van der Waals surface area (Å²) in [6, 6.07) is 0. The molecule has 0 N–H and O–H groups in total. The Balaban J connectivity index is 2.52. The van der Waals surface area contributed by atoms with E-state index in [1.165, 1.54) is 0 Å². The second-order valence-electron chi connectivity index (χ2n) is 2.18. The molecule has 2 amide bonds. The Kier molecular flexibility index (Phi) is 2.56. The van der Waals surface area contributed by atoms with Crippen LogP contribution in [0.1, 0.15) is 12.8 Å². The van der Waals surface area contributed by atoms with Crippen LogP contribution in [0.15, 0.2) is 6.26 Å². The van der Waals surface area contributed by atoms with Crippen LogP contribution in [-0.4, -0.2) is 23.0 Å². The van der Waals surface area contributed by atoms with Crippen LogP contribution < -0.4 is 0 Å². The molecule has 0 spiro atoms. The van der Waals surface area contributed by atoms with E-state index < -0.39 is 18.0 Å². The molecule has 1 aliphatic heterocycles. The third-order valence-corrected chi connectivity index (χ3v) is 1.34. The van der Waals surface area contributed by atoms with Crippen LogP contribution in [0.2, 0.25) is 0 Å². The second-order valence-corrected chi connectivity index (χ2v) is 2.18. The summed E-state index contributed by atoms with van der Waals surface area (Å²) in [5.74, 6) is -1.14. The van der Waals surface area contributed by atoms with Crippen LogP contribution in [0.3, 0.4) is 0 Å². The lowest BCUT2D eigenvalue weighted by atomic mass is 10.4. The summed E-state index contributed by atoms with van der Waals surface area (Å²) in [4.78, 5) is 36.5. The number of carbonyl (C=O) groups excluding carboxylic acids is 3. The molecule has 1 rings (SSSR count). The molecule has 0 radical (unpaired) electrons. The largest absolute Gasteiger partial charge is 0.542 e. The van der Waals surface area contributed by atoms with Gasteiger partial charge in [0.25, 0.3) is 11.8 Å². The van der Waals surface area contributed by atoms with E-state index in [1.54, 1.807) is 0 Å². The minimum Gasteiger partial charge on any atom is -0.351 e. The first-order valence-corrected chi connectivity index (χ1v) is 3.43. The molecule has 1 fully saturated rings. The Morgan fingerprint density at radius 3 is 2.38 bits per heavy atom. The van der Waals surface area contributed by atoms with Crippen molar-refractivity contribution >= 4 is 18.0 Å². The summed E-state index contributed by atoms with van der Waals surface area (Å²) >= 11 is 0. The molecule has 0 saturated carbocycles. The number of hydrogen-bond donors (Lipinski definition) is 0. The summed E-state index contributed by atoms with van der Waals surface area (Å²) < 4.78 is 4.05. The fourth-order valence-corrected chi connectivity index (χ4v) is 0.809. The molecular formula is C7H6NO5+.